The SMILES string of the molecule is CN(C)CC1OC(N2CNC3C(N)NCNC32)C(O)C1O. The largest absolute Gasteiger partial charge is 0.387 e. The van der Waals surface area contributed by atoms with E-state index in [4.69, 9.17) is 10.5 Å². The van der Waals surface area contributed by atoms with Crippen LogP contribution in [0.25, 0.3) is 0 Å². The number of rotatable bonds is 3. The highest BCUT2D eigenvalue weighted by molar-refractivity contribution is 5.01. The molecule has 3 fully saturated rings. The molecule has 0 aromatic heterocycles. The third kappa shape index (κ3) is 2.81. The fourth-order valence-electron chi connectivity index (χ4n) is 3.37. The lowest BCUT2D eigenvalue weighted by molar-refractivity contribution is -0.105. The van der Waals surface area contributed by atoms with E-state index in [1.54, 1.807) is 0 Å². The first kappa shape index (κ1) is 15.5. The molecule has 3 heterocycles. The van der Waals surface area contributed by atoms with Gasteiger partial charge in [0.25, 0.3) is 0 Å². The van der Waals surface area contributed by atoms with Crippen molar-refractivity contribution in [3.63, 3.8) is 0 Å². The molecule has 0 aromatic rings. The second kappa shape index (κ2) is 6.03. The van der Waals surface area contributed by atoms with Gasteiger partial charge in [-0.15, -0.1) is 0 Å². The maximum Gasteiger partial charge on any atom is 0.142 e. The van der Waals surface area contributed by atoms with Crippen LogP contribution in [-0.2, 0) is 4.74 Å². The molecule has 0 aliphatic carbocycles. The summed E-state index contributed by atoms with van der Waals surface area (Å²) in [5.41, 5.74) is 6.04. The van der Waals surface area contributed by atoms with Crippen LogP contribution in [0.4, 0.5) is 0 Å². The maximum atomic E-state index is 10.3. The summed E-state index contributed by atoms with van der Waals surface area (Å²) in [5.74, 6) is 0. The van der Waals surface area contributed by atoms with Crippen molar-refractivity contribution in [1.29, 1.82) is 0 Å². The van der Waals surface area contributed by atoms with Crippen molar-refractivity contribution in [2.75, 3.05) is 34.0 Å². The highest BCUT2D eigenvalue weighted by atomic mass is 16.6. The molecule has 0 radical (unpaired) electrons. The summed E-state index contributed by atoms with van der Waals surface area (Å²) < 4.78 is 5.91. The summed E-state index contributed by atoms with van der Waals surface area (Å²) in [5, 5.41) is 30.3. The number of nitrogens with zero attached hydrogens (tertiary/aromatic N) is 2. The lowest BCUT2D eigenvalue weighted by atomic mass is 10.1. The first-order chi connectivity index (χ1) is 9.99. The van der Waals surface area contributed by atoms with E-state index in [9.17, 15) is 10.2 Å². The van der Waals surface area contributed by atoms with Gasteiger partial charge in [0.2, 0.25) is 0 Å². The Bertz CT molecular complexity index is 373. The number of aliphatic hydroxyl groups is 2. The molecule has 9 heteroatoms. The highest BCUT2D eigenvalue weighted by Gasteiger charge is 2.51. The molecular weight excluding hydrogens is 276 g/mol. The molecule has 0 amide bonds. The minimum absolute atomic E-state index is 0.0220. The van der Waals surface area contributed by atoms with E-state index in [2.05, 4.69) is 16.0 Å². The fraction of sp³-hybridized carbons (Fsp3) is 1.00. The van der Waals surface area contributed by atoms with Crippen LogP contribution < -0.4 is 21.7 Å². The normalized spacial score (nSPS) is 48.0. The van der Waals surface area contributed by atoms with E-state index in [1.807, 2.05) is 23.9 Å². The monoisotopic (exact) mass is 302 g/mol. The second-order valence-electron chi connectivity index (χ2n) is 6.27. The van der Waals surface area contributed by atoms with Gasteiger partial charge < -0.3 is 25.6 Å². The van der Waals surface area contributed by atoms with E-state index >= 15 is 0 Å². The first-order valence-electron chi connectivity index (χ1n) is 7.37. The molecule has 7 atom stereocenters. The van der Waals surface area contributed by atoms with Crippen LogP contribution in [0.2, 0.25) is 0 Å². The first-order valence-corrected chi connectivity index (χ1v) is 7.37. The third-order valence-corrected chi connectivity index (χ3v) is 4.45. The third-order valence-electron chi connectivity index (χ3n) is 4.45. The van der Waals surface area contributed by atoms with Gasteiger partial charge in [-0.25, -0.2) is 4.90 Å². The topological polar surface area (TPSA) is 118 Å². The average Bonchev–Trinajstić information content (AvgIpc) is 2.96. The molecule has 122 valence electrons. The summed E-state index contributed by atoms with van der Waals surface area (Å²) >= 11 is 0. The number of nitrogens with one attached hydrogen (secondary N) is 3. The standard InChI is InChI=1S/C12H26N6O3/c1-17(2)3-6-8(19)9(20)12(21-6)18-5-16-7-10(13)14-4-15-11(7)18/h6-12,14-16,19-20H,3-5,13H2,1-2H3. The molecule has 7 unspecified atom stereocenters. The highest BCUT2D eigenvalue weighted by Crippen LogP contribution is 2.28. The molecule has 0 bridgehead atoms. The van der Waals surface area contributed by atoms with E-state index in [-0.39, 0.29) is 18.4 Å². The minimum Gasteiger partial charge on any atom is -0.387 e. The molecule has 3 aliphatic heterocycles. The summed E-state index contributed by atoms with van der Waals surface area (Å²) in [4.78, 5) is 3.93. The van der Waals surface area contributed by atoms with Gasteiger partial charge in [-0.1, -0.05) is 0 Å². The lowest BCUT2D eigenvalue weighted by Gasteiger charge is -2.38. The zero-order valence-corrected chi connectivity index (χ0v) is 12.4. The van der Waals surface area contributed by atoms with Crippen molar-refractivity contribution in [2.45, 2.75) is 42.9 Å². The van der Waals surface area contributed by atoms with Crippen LogP contribution in [-0.4, -0.2) is 96.9 Å². The van der Waals surface area contributed by atoms with Crippen LogP contribution in [0.15, 0.2) is 0 Å². The number of nitrogens with two attached hydrogens (primary N) is 1. The number of ether oxygens (including phenoxy) is 1. The van der Waals surface area contributed by atoms with Gasteiger partial charge >= 0.3 is 0 Å². The predicted molar refractivity (Wildman–Crippen MR) is 75.8 cm³/mol. The smallest absolute Gasteiger partial charge is 0.142 e. The van der Waals surface area contributed by atoms with Gasteiger partial charge in [-0.2, -0.15) is 0 Å². The molecule has 0 spiro atoms. The molecular formula is C12H26N6O3. The molecule has 3 saturated heterocycles. The van der Waals surface area contributed by atoms with Crippen molar-refractivity contribution in [3.05, 3.63) is 0 Å². The molecule has 0 saturated carbocycles. The van der Waals surface area contributed by atoms with E-state index < -0.39 is 24.5 Å². The average molecular weight is 302 g/mol. The number of aliphatic hydroxyl groups excluding tert-OH is 2. The Morgan fingerprint density at radius 2 is 2.00 bits per heavy atom. The van der Waals surface area contributed by atoms with Crippen molar-refractivity contribution in [2.24, 2.45) is 5.73 Å². The Balaban J connectivity index is 1.69. The number of likely N-dealkylation sites (N-methyl/N-ethyl adjacent to an activating group) is 1. The van der Waals surface area contributed by atoms with Crippen molar-refractivity contribution in [3.8, 4) is 0 Å². The molecule has 21 heavy (non-hydrogen) atoms. The fourth-order valence-corrected chi connectivity index (χ4v) is 3.37. The van der Waals surface area contributed by atoms with E-state index in [1.165, 1.54) is 0 Å². The predicted octanol–water partition coefficient (Wildman–Crippen LogP) is -4.01. The van der Waals surface area contributed by atoms with Crippen LogP contribution in [0.3, 0.4) is 0 Å². The van der Waals surface area contributed by atoms with E-state index in [0.717, 1.165) is 0 Å². The van der Waals surface area contributed by atoms with Crippen LogP contribution in [0.5, 0.6) is 0 Å². The Morgan fingerprint density at radius 3 is 2.71 bits per heavy atom. The van der Waals surface area contributed by atoms with Crippen molar-refractivity contribution in [1.82, 2.24) is 25.8 Å². The number of fused-ring (bicyclic) bond motifs is 1. The molecule has 0 aromatic carbocycles. The molecule has 7 N–H and O–H groups in total. The Hall–Kier alpha value is -0.360. The van der Waals surface area contributed by atoms with Gasteiger partial charge in [0, 0.05) is 13.2 Å². The quantitative estimate of drug-likeness (QED) is 0.310. The Labute approximate surface area is 124 Å². The van der Waals surface area contributed by atoms with Crippen molar-refractivity contribution >= 4 is 0 Å². The van der Waals surface area contributed by atoms with Crippen LogP contribution in [0, 0.1) is 0 Å². The van der Waals surface area contributed by atoms with Gasteiger partial charge in [-0.3, -0.25) is 16.0 Å². The summed E-state index contributed by atoms with van der Waals surface area (Å²) in [6.07, 6.45) is -2.91. The summed E-state index contributed by atoms with van der Waals surface area (Å²) in [6.45, 7) is 1.73. The minimum atomic E-state index is -0.927. The maximum absolute atomic E-state index is 10.3. The summed E-state index contributed by atoms with van der Waals surface area (Å²) in [6, 6.07) is 0.0413. The second-order valence-corrected chi connectivity index (χ2v) is 6.27. The molecule has 9 nitrogen and oxygen atoms in total. The van der Waals surface area contributed by atoms with Crippen molar-refractivity contribution < 1.29 is 14.9 Å². The Morgan fingerprint density at radius 1 is 1.24 bits per heavy atom. The van der Waals surface area contributed by atoms with Crippen LogP contribution >= 0.6 is 0 Å². The molecule has 3 aliphatic rings. The Kier molecular flexibility index (Phi) is 4.46. The van der Waals surface area contributed by atoms with Gasteiger partial charge in [0.1, 0.15) is 24.5 Å². The molecule has 3 rings (SSSR count). The van der Waals surface area contributed by atoms with Gasteiger partial charge in [-0.05, 0) is 14.1 Å². The number of hydrogen-bond donors (Lipinski definition) is 6. The van der Waals surface area contributed by atoms with Crippen LogP contribution in [0.1, 0.15) is 0 Å². The lowest BCUT2D eigenvalue weighted by Crippen LogP contribution is -2.68. The van der Waals surface area contributed by atoms with Gasteiger partial charge in [0.15, 0.2) is 0 Å². The zero-order chi connectivity index (χ0) is 15.1. The number of hydrogen-bond acceptors (Lipinski definition) is 9. The van der Waals surface area contributed by atoms with E-state index in [0.29, 0.717) is 19.9 Å². The van der Waals surface area contributed by atoms with Gasteiger partial charge in [0.05, 0.1) is 25.0 Å². The zero-order valence-electron chi connectivity index (χ0n) is 12.4. The summed E-state index contributed by atoms with van der Waals surface area (Å²) in [7, 11) is 3.83.